The molecule has 0 aliphatic rings. The van der Waals surface area contributed by atoms with Crippen LogP contribution in [0.2, 0.25) is 5.02 Å². The molecule has 170 valence electrons. The number of benzene rings is 3. The van der Waals surface area contributed by atoms with Gasteiger partial charge in [-0.1, -0.05) is 58.7 Å². The van der Waals surface area contributed by atoms with Crippen LogP contribution < -0.4 is 11.2 Å². The molecule has 3 aromatic carbocycles. The largest absolute Gasteiger partial charge is 0.337 e. The van der Waals surface area contributed by atoms with Gasteiger partial charge in [0.05, 0.1) is 22.5 Å². The van der Waals surface area contributed by atoms with Crippen molar-refractivity contribution in [2.75, 3.05) is 0 Å². The summed E-state index contributed by atoms with van der Waals surface area (Å²) in [5, 5.41) is 4.28. The number of rotatable bonds is 5. The molecule has 0 atom stereocenters. The monoisotopic (exact) mass is 476 g/mol. The summed E-state index contributed by atoms with van der Waals surface area (Å²) in [7, 11) is 0. The van der Waals surface area contributed by atoms with E-state index in [9.17, 15) is 14.0 Å². The van der Waals surface area contributed by atoms with Crippen molar-refractivity contribution in [3.05, 3.63) is 115 Å². The highest BCUT2D eigenvalue weighted by Crippen LogP contribution is 2.22. The second kappa shape index (κ2) is 8.72. The van der Waals surface area contributed by atoms with E-state index in [1.165, 1.54) is 21.3 Å². The van der Waals surface area contributed by atoms with Gasteiger partial charge in [-0.3, -0.25) is 13.9 Å². The Hall–Kier alpha value is -4.04. The minimum Gasteiger partial charge on any atom is -0.337 e. The highest BCUT2D eigenvalue weighted by Gasteiger charge is 2.17. The summed E-state index contributed by atoms with van der Waals surface area (Å²) in [6.45, 7) is 2.04. The molecule has 2 heterocycles. The Morgan fingerprint density at radius 3 is 2.50 bits per heavy atom. The van der Waals surface area contributed by atoms with Gasteiger partial charge in [0, 0.05) is 5.56 Å². The van der Waals surface area contributed by atoms with Gasteiger partial charge in [-0.25, -0.2) is 9.18 Å². The predicted octanol–water partition coefficient (Wildman–Crippen LogP) is 4.41. The number of nitrogens with zero attached hydrogens (tertiary/aromatic N) is 4. The summed E-state index contributed by atoms with van der Waals surface area (Å²) >= 11 is 5.74. The Morgan fingerprint density at radius 2 is 1.74 bits per heavy atom. The molecule has 0 amide bonds. The first-order valence-electron chi connectivity index (χ1n) is 10.5. The lowest BCUT2D eigenvalue weighted by molar-refractivity contribution is 0.369. The number of para-hydroxylation sites is 1. The highest BCUT2D eigenvalue weighted by atomic mass is 35.5. The molecule has 9 heteroatoms. The zero-order valence-corrected chi connectivity index (χ0v) is 18.8. The van der Waals surface area contributed by atoms with E-state index < -0.39 is 11.5 Å². The van der Waals surface area contributed by atoms with Crippen molar-refractivity contribution in [3.8, 4) is 11.4 Å². The van der Waals surface area contributed by atoms with Gasteiger partial charge in [0.15, 0.2) is 0 Å². The van der Waals surface area contributed by atoms with Gasteiger partial charge in [-0.05, 0) is 42.8 Å². The first-order valence-corrected chi connectivity index (χ1v) is 10.8. The quantitative estimate of drug-likeness (QED) is 0.375. The van der Waals surface area contributed by atoms with Crippen LogP contribution >= 0.6 is 11.6 Å². The van der Waals surface area contributed by atoms with Gasteiger partial charge in [-0.15, -0.1) is 0 Å². The minimum atomic E-state index is -0.601. The molecule has 0 aliphatic heterocycles. The molecule has 0 aliphatic carbocycles. The van der Waals surface area contributed by atoms with Gasteiger partial charge in [0.25, 0.3) is 5.56 Å². The van der Waals surface area contributed by atoms with Crippen LogP contribution in [0.4, 0.5) is 4.39 Å². The van der Waals surface area contributed by atoms with E-state index in [0.717, 1.165) is 11.1 Å². The van der Waals surface area contributed by atoms with Crippen LogP contribution in [0.25, 0.3) is 22.3 Å². The third kappa shape index (κ3) is 4.04. The molecule has 0 N–H and O–H groups in total. The standard InChI is InChI=1S/C25H18ClFN4O3/c1-15-6-8-16(9-7-15)13-31-24(32)18-4-2-3-5-21(18)30(25(31)33)14-22-28-23(29-34-22)17-10-11-19(26)20(27)12-17/h2-12H,13-14H2,1H3. The predicted molar refractivity (Wildman–Crippen MR) is 127 cm³/mol. The van der Waals surface area contributed by atoms with E-state index >= 15 is 0 Å². The summed E-state index contributed by atoms with van der Waals surface area (Å²) < 4.78 is 21.8. The lowest BCUT2D eigenvalue weighted by atomic mass is 10.1. The average Bonchev–Trinajstić information content (AvgIpc) is 3.31. The van der Waals surface area contributed by atoms with Crippen molar-refractivity contribution >= 4 is 22.5 Å². The zero-order valence-electron chi connectivity index (χ0n) is 18.0. The molecule has 7 nitrogen and oxygen atoms in total. The summed E-state index contributed by atoms with van der Waals surface area (Å²) in [6.07, 6.45) is 0. The van der Waals surface area contributed by atoms with Crippen molar-refractivity contribution in [3.63, 3.8) is 0 Å². The Morgan fingerprint density at radius 1 is 0.971 bits per heavy atom. The van der Waals surface area contributed by atoms with E-state index in [-0.39, 0.29) is 35.4 Å². The Kier molecular flexibility index (Phi) is 5.59. The van der Waals surface area contributed by atoms with E-state index in [1.807, 2.05) is 31.2 Å². The fourth-order valence-corrected chi connectivity index (χ4v) is 3.86. The number of aryl methyl sites for hydroxylation is 1. The Bertz CT molecular complexity index is 1640. The second-order valence-corrected chi connectivity index (χ2v) is 8.31. The molecular weight excluding hydrogens is 459 g/mol. The highest BCUT2D eigenvalue weighted by molar-refractivity contribution is 6.30. The number of hydrogen-bond donors (Lipinski definition) is 0. The first kappa shape index (κ1) is 21.8. The molecule has 0 fully saturated rings. The molecule has 0 spiro atoms. The van der Waals surface area contributed by atoms with Crippen molar-refractivity contribution in [1.29, 1.82) is 0 Å². The van der Waals surface area contributed by atoms with Crippen LogP contribution in [0.5, 0.6) is 0 Å². The summed E-state index contributed by atoms with van der Waals surface area (Å²) in [5.41, 5.74) is 1.88. The number of halogens is 2. The van der Waals surface area contributed by atoms with Crippen molar-refractivity contribution in [2.45, 2.75) is 20.0 Å². The summed E-state index contributed by atoms with van der Waals surface area (Å²) in [6, 6.07) is 18.7. The van der Waals surface area contributed by atoms with Gasteiger partial charge in [0.2, 0.25) is 11.7 Å². The lowest BCUT2D eigenvalue weighted by Crippen LogP contribution is -2.40. The van der Waals surface area contributed by atoms with Crippen LogP contribution in [0, 0.1) is 12.7 Å². The average molecular weight is 477 g/mol. The van der Waals surface area contributed by atoms with Crippen LogP contribution in [0.3, 0.4) is 0 Å². The van der Waals surface area contributed by atoms with Crippen molar-refractivity contribution < 1.29 is 8.91 Å². The van der Waals surface area contributed by atoms with E-state index in [4.69, 9.17) is 16.1 Å². The van der Waals surface area contributed by atoms with E-state index in [0.29, 0.717) is 16.5 Å². The smallest absolute Gasteiger partial charge is 0.332 e. The Labute approximate surface area is 197 Å². The number of hydrogen-bond acceptors (Lipinski definition) is 5. The maximum absolute atomic E-state index is 13.8. The van der Waals surface area contributed by atoms with Crippen LogP contribution in [0.1, 0.15) is 17.0 Å². The topological polar surface area (TPSA) is 82.9 Å². The number of fused-ring (bicyclic) bond motifs is 1. The Balaban J connectivity index is 1.57. The lowest BCUT2D eigenvalue weighted by Gasteiger charge is -2.13. The summed E-state index contributed by atoms with van der Waals surface area (Å²) in [4.78, 5) is 30.8. The zero-order chi connectivity index (χ0) is 23.8. The van der Waals surface area contributed by atoms with Crippen molar-refractivity contribution in [2.24, 2.45) is 0 Å². The molecule has 5 rings (SSSR count). The maximum Gasteiger partial charge on any atom is 0.332 e. The van der Waals surface area contributed by atoms with Gasteiger partial charge < -0.3 is 4.52 Å². The van der Waals surface area contributed by atoms with Gasteiger partial charge in [-0.2, -0.15) is 4.98 Å². The first-order chi connectivity index (χ1) is 16.4. The molecule has 0 unspecified atom stereocenters. The summed E-state index contributed by atoms with van der Waals surface area (Å²) in [5.74, 6) is -0.301. The molecule has 2 aromatic heterocycles. The molecular formula is C25H18ClFN4O3. The van der Waals surface area contributed by atoms with E-state index in [2.05, 4.69) is 10.1 Å². The third-order valence-corrected chi connectivity index (χ3v) is 5.84. The number of aromatic nitrogens is 4. The fraction of sp³-hybridized carbons (Fsp3) is 0.120. The van der Waals surface area contributed by atoms with E-state index in [1.54, 1.807) is 30.3 Å². The second-order valence-electron chi connectivity index (χ2n) is 7.90. The molecule has 5 aromatic rings. The molecule has 0 radical (unpaired) electrons. The molecule has 0 saturated heterocycles. The molecule has 0 bridgehead atoms. The van der Waals surface area contributed by atoms with Crippen LogP contribution in [-0.2, 0) is 13.1 Å². The maximum atomic E-state index is 13.8. The minimum absolute atomic E-state index is 0.0127. The third-order valence-electron chi connectivity index (χ3n) is 5.53. The van der Waals surface area contributed by atoms with Crippen molar-refractivity contribution in [1.82, 2.24) is 19.3 Å². The van der Waals surface area contributed by atoms with Gasteiger partial charge >= 0.3 is 5.69 Å². The molecule has 34 heavy (non-hydrogen) atoms. The van der Waals surface area contributed by atoms with Gasteiger partial charge in [0.1, 0.15) is 12.4 Å². The SMILES string of the molecule is Cc1ccc(Cn2c(=O)c3ccccc3n(Cc3nc(-c4ccc(Cl)c(F)c4)no3)c2=O)cc1. The van der Waals surface area contributed by atoms with Crippen LogP contribution in [-0.4, -0.2) is 19.3 Å². The normalized spacial score (nSPS) is 11.3. The fourth-order valence-electron chi connectivity index (χ4n) is 3.75. The molecule has 0 saturated carbocycles. The van der Waals surface area contributed by atoms with Crippen LogP contribution in [0.15, 0.2) is 80.8 Å².